The van der Waals surface area contributed by atoms with E-state index in [2.05, 4.69) is 5.32 Å². The average molecular weight is 375 g/mol. The van der Waals surface area contributed by atoms with Crippen LogP contribution in [-0.2, 0) is 14.3 Å². The molecule has 28 heavy (non-hydrogen) atoms. The van der Waals surface area contributed by atoms with Gasteiger partial charge in [-0.05, 0) is 30.7 Å². The summed E-state index contributed by atoms with van der Waals surface area (Å²) in [4.78, 5) is 24.4. The topological polar surface area (TPSA) is 64.6 Å². The van der Waals surface area contributed by atoms with Crippen LogP contribution in [0.4, 0.5) is 5.69 Å². The highest BCUT2D eigenvalue weighted by Crippen LogP contribution is 2.27. The predicted octanol–water partition coefficient (Wildman–Crippen LogP) is 4.30. The van der Waals surface area contributed by atoms with Crippen LogP contribution < -0.4 is 10.1 Å². The summed E-state index contributed by atoms with van der Waals surface area (Å²) in [6, 6.07) is 26.2. The summed E-state index contributed by atoms with van der Waals surface area (Å²) < 4.78 is 10.5. The molecule has 0 saturated heterocycles. The maximum absolute atomic E-state index is 12.5. The van der Waals surface area contributed by atoms with E-state index < -0.39 is 18.0 Å². The van der Waals surface area contributed by atoms with Gasteiger partial charge in [-0.1, -0.05) is 66.7 Å². The fraction of sp³-hybridized carbons (Fsp3) is 0.130. The van der Waals surface area contributed by atoms with E-state index in [1.165, 1.54) is 6.92 Å². The largest absolute Gasteiger partial charge is 0.482 e. The van der Waals surface area contributed by atoms with Crippen LogP contribution in [0.5, 0.6) is 5.75 Å². The van der Waals surface area contributed by atoms with Crippen molar-refractivity contribution < 1.29 is 19.1 Å². The summed E-state index contributed by atoms with van der Waals surface area (Å²) >= 11 is 0. The Morgan fingerprint density at radius 1 is 0.857 bits per heavy atom. The maximum Gasteiger partial charge on any atom is 0.344 e. The SMILES string of the molecule is C[C@H](OC(=O)COc1ccccc1)C(=O)Nc1ccccc1-c1ccccc1. The number of esters is 1. The number of benzene rings is 3. The Kier molecular flexibility index (Phi) is 6.41. The zero-order valence-electron chi connectivity index (χ0n) is 15.5. The molecule has 1 amide bonds. The number of carbonyl (C=O) groups is 2. The molecule has 0 bridgehead atoms. The number of hydrogen-bond acceptors (Lipinski definition) is 4. The molecule has 0 unspecified atom stereocenters. The van der Waals surface area contributed by atoms with E-state index in [9.17, 15) is 9.59 Å². The molecule has 1 atom stereocenters. The summed E-state index contributed by atoms with van der Waals surface area (Å²) in [7, 11) is 0. The van der Waals surface area contributed by atoms with Crippen molar-refractivity contribution in [2.45, 2.75) is 13.0 Å². The second-order valence-corrected chi connectivity index (χ2v) is 6.13. The first-order chi connectivity index (χ1) is 13.6. The van der Waals surface area contributed by atoms with Crippen molar-refractivity contribution in [1.82, 2.24) is 0 Å². The van der Waals surface area contributed by atoms with Gasteiger partial charge in [-0.15, -0.1) is 0 Å². The van der Waals surface area contributed by atoms with Crippen molar-refractivity contribution in [1.29, 1.82) is 0 Å². The number of rotatable bonds is 7. The summed E-state index contributed by atoms with van der Waals surface area (Å²) in [5.74, 6) is -0.451. The van der Waals surface area contributed by atoms with Crippen molar-refractivity contribution in [2.24, 2.45) is 0 Å². The van der Waals surface area contributed by atoms with Crippen LogP contribution in [-0.4, -0.2) is 24.6 Å². The third-order valence-corrected chi connectivity index (χ3v) is 4.05. The van der Waals surface area contributed by atoms with Gasteiger partial charge in [-0.2, -0.15) is 0 Å². The number of amides is 1. The lowest BCUT2D eigenvalue weighted by molar-refractivity contribution is -0.155. The molecule has 0 heterocycles. The smallest absolute Gasteiger partial charge is 0.344 e. The highest BCUT2D eigenvalue weighted by atomic mass is 16.6. The van der Waals surface area contributed by atoms with Gasteiger partial charge in [0.15, 0.2) is 12.7 Å². The first-order valence-electron chi connectivity index (χ1n) is 8.96. The predicted molar refractivity (Wildman–Crippen MR) is 108 cm³/mol. The standard InChI is InChI=1S/C23H21NO4/c1-17(28-22(25)16-27-19-12-6-3-7-13-19)23(26)24-21-15-9-8-14-20(21)18-10-4-2-5-11-18/h2-15,17H,16H2,1H3,(H,24,26)/t17-/m0/s1. The molecule has 5 nitrogen and oxygen atoms in total. The van der Waals surface area contributed by atoms with Crippen molar-refractivity contribution in [3.05, 3.63) is 84.9 Å². The average Bonchev–Trinajstić information content (AvgIpc) is 2.74. The second-order valence-electron chi connectivity index (χ2n) is 6.13. The van der Waals surface area contributed by atoms with Crippen LogP contribution in [0.3, 0.4) is 0 Å². The Morgan fingerprint density at radius 2 is 1.46 bits per heavy atom. The minimum atomic E-state index is -0.948. The van der Waals surface area contributed by atoms with Gasteiger partial charge in [0, 0.05) is 11.3 Å². The number of anilines is 1. The molecule has 3 aromatic rings. The van der Waals surface area contributed by atoms with Gasteiger partial charge in [-0.25, -0.2) is 4.79 Å². The molecule has 0 saturated carbocycles. The Morgan fingerprint density at radius 3 is 2.18 bits per heavy atom. The number of nitrogens with one attached hydrogen (secondary N) is 1. The minimum Gasteiger partial charge on any atom is -0.482 e. The van der Waals surface area contributed by atoms with Crippen LogP contribution in [0.2, 0.25) is 0 Å². The molecule has 1 N–H and O–H groups in total. The quantitative estimate of drug-likeness (QED) is 0.625. The molecule has 0 radical (unpaired) electrons. The van der Waals surface area contributed by atoms with Crippen molar-refractivity contribution in [2.75, 3.05) is 11.9 Å². The lowest BCUT2D eigenvalue weighted by Gasteiger charge is -2.16. The van der Waals surface area contributed by atoms with E-state index in [1.807, 2.05) is 60.7 Å². The van der Waals surface area contributed by atoms with Gasteiger partial charge in [0.05, 0.1) is 0 Å². The Bertz CT molecular complexity index is 926. The molecule has 3 aromatic carbocycles. The Hall–Kier alpha value is -3.60. The molecule has 0 aromatic heterocycles. The van der Waals surface area contributed by atoms with Gasteiger partial charge < -0.3 is 14.8 Å². The molecular formula is C23H21NO4. The highest BCUT2D eigenvalue weighted by Gasteiger charge is 2.19. The molecule has 0 aliphatic rings. The molecule has 5 heteroatoms. The Balaban J connectivity index is 1.58. The van der Waals surface area contributed by atoms with E-state index in [1.54, 1.807) is 24.3 Å². The summed E-state index contributed by atoms with van der Waals surface area (Å²) in [6.45, 7) is 1.27. The first-order valence-corrected chi connectivity index (χ1v) is 8.96. The van der Waals surface area contributed by atoms with E-state index in [-0.39, 0.29) is 6.61 Å². The molecule has 142 valence electrons. The van der Waals surface area contributed by atoms with Crippen molar-refractivity contribution >= 4 is 17.6 Å². The summed E-state index contributed by atoms with van der Waals surface area (Å²) in [5, 5.41) is 2.83. The minimum absolute atomic E-state index is 0.262. The van der Waals surface area contributed by atoms with Crippen molar-refractivity contribution in [3.63, 3.8) is 0 Å². The van der Waals surface area contributed by atoms with Gasteiger partial charge in [-0.3, -0.25) is 4.79 Å². The zero-order valence-corrected chi connectivity index (χ0v) is 15.5. The fourth-order valence-electron chi connectivity index (χ4n) is 2.64. The fourth-order valence-corrected chi connectivity index (χ4v) is 2.64. The molecule has 0 aliphatic heterocycles. The number of para-hydroxylation sites is 2. The van der Waals surface area contributed by atoms with Gasteiger partial charge >= 0.3 is 5.97 Å². The lowest BCUT2D eigenvalue weighted by atomic mass is 10.0. The Labute approximate surface area is 163 Å². The molecule has 3 rings (SSSR count). The van der Waals surface area contributed by atoms with Crippen LogP contribution in [0.25, 0.3) is 11.1 Å². The third-order valence-electron chi connectivity index (χ3n) is 4.05. The van der Waals surface area contributed by atoms with Crippen LogP contribution in [0.1, 0.15) is 6.92 Å². The van der Waals surface area contributed by atoms with E-state index in [0.29, 0.717) is 11.4 Å². The van der Waals surface area contributed by atoms with Crippen LogP contribution in [0.15, 0.2) is 84.9 Å². The number of hydrogen-bond donors (Lipinski definition) is 1. The number of carbonyl (C=O) groups excluding carboxylic acids is 2. The molecule has 0 spiro atoms. The monoisotopic (exact) mass is 375 g/mol. The number of ether oxygens (including phenoxy) is 2. The summed E-state index contributed by atoms with van der Waals surface area (Å²) in [5.41, 5.74) is 2.53. The molecule has 0 fully saturated rings. The van der Waals surface area contributed by atoms with E-state index >= 15 is 0 Å². The van der Waals surface area contributed by atoms with Crippen LogP contribution in [0, 0.1) is 0 Å². The third kappa shape index (κ3) is 5.20. The van der Waals surface area contributed by atoms with E-state index in [0.717, 1.165) is 11.1 Å². The summed E-state index contributed by atoms with van der Waals surface area (Å²) in [6.07, 6.45) is -0.948. The highest BCUT2D eigenvalue weighted by molar-refractivity contribution is 5.98. The zero-order chi connectivity index (χ0) is 19.8. The maximum atomic E-state index is 12.5. The molecule has 0 aliphatic carbocycles. The molecular weight excluding hydrogens is 354 g/mol. The van der Waals surface area contributed by atoms with Gasteiger partial charge in [0.2, 0.25) is 0 Å². The first kappa shape index (κ1) is 19.2. The van der Waals surface area contributed by atoms with E-state index in [4.69, 9.17) is 9.47 Å². The lowest BCUT2D eigenvalue weighted by Crippen LogP contribution is -2.31. The second kappa shape index (κ2) is 9.37. The normalized spacial score (nSPS) is 11.3. The van der Waals surface area contributed by atoms with Crippen molar-refractivity contribution in [3.8, 4) is 16.9 Å². The van der Waals surface area contributed by atoms with Gasteiger partial charge in [0.1, 0.15) is 5.75 Å². The van der Waals surface area contributed by atoms with Crippen LogP contribution >= 0.6 is 0 Å². The van der Waals surface area contributed by atoms with Gasteiger partial charge in [0.25, 0.3) is 5.91 Å².